The fourth-order valence-electron chi connectivity index (χ4n) is 1.58. The van der Waals surface area contributed by atoms with Crippen molar-refractivity contribution in [1.29, 1.82) is 0 Å². The smallest absolute Gasteiger partial charge is 0.235 e. The van der Waals surface area contributed by atoms with Gasteiger partial charge in [0.1, 0.15) is 5.75 Å². The fraction of sp³-hybridized carbons (Fsp3) is 0.917. The maximum absolute atomic E-state index is 11.6. The summed E-state index contributed by atoms with van der Waals surface area (Å²) < 4.78 is 23.2. The van der Waals surface area contributed by atoms with E-state index >= 15 is 0 Å². The molecule has 1 amide bonds. The summed E-state index contributed by atoms with van der Waals surface area (Å²) in [4.78, 5) is 11.5. The van der Waals surface area contributed by atoms with Crippen LogP contribution in [0.4, 0.5) is 0 Å². The van der Waals surface area contributed by atoms with Gasteiger partial charge in [0.2, 0.25) is 5.91 Å². The Morgan fingerprint density at radius 2 is 1.89 bits per heavy atom. The summed E-state index contributed by atoms with van der Waals surface area (Å²) in [6.45, 7) is 7.22. The van der Waals surface area contributed by atoms with Crippen molar-refractivity contribution < 1.29 is 13.2 Å². The van der Waals surface area contributed by atoms with Crippen molar-refractivity contribution in [1.82, 2.24) is 10.6 Å². The molecule has 0 aliphatic rings. The van der Waals surface area contributed by atoms with E-state index in [2.05, 4.69) is 10.6 Å². The number of carbonyl (C=O) groups excluding carboxylic acids is 1. The number of likely N-dealkylation sites (N-methyl/N-ethyl adjacent to an activating group) is 1. The minimum atomic E-state index is -3.25. The maximum atomic E-state index is 11.6. The number of rotatable bonds is 10. The van der Waals surface area contributed by atoms with Crippen LogP contribution in [0.3, 0.4) is 0 Å². The van der Waals surface area contributed by atoms with E-state index in [-0.39, 0.29) is 11.8 Å². The Kier molecular flexibility index (Phi) is 9.01. The summed E-state index contributed by atoms with van der Waals surface area (Å²) in [5, 5.41) is 5.77. The first-order valence-electron chi connectivity index (χ1n) is 6.61. The van der Waals surface area contributed by atoms with Crippen LogP contribution in [-0.4, -0.2) is 45.0 Å². The van der Waals surface area contributed by atoms with Gasteiger partial charge in [-0.15, -0.1) is 0 Å². The molecule has 0 fully saturated rings. The van der Waals surface area contributed by atoms with Crippen LogP contribution < -0.4 is 10.6 Å². The van der Waals surface area contributed by atoms with Crippen LogP contribution >= 0.6 is 0 Å². The maximum Gasteiger partial charge on any atom is 0.235 e. The van der Waals surface area contributed by atoms with Crippen LogP contribution in [0.25, 0.3) is 0 Å². The third-order valence-corrected chi connectivity index (χ3v) is 4.18. The van der Waals surface area contributed by atoms with Crippen molar-refractivity contribution >= 4 is 15.7 Å². The van der Waals surface area contributed by atoms with E-state index in [0.29, 0.717) is 13.0 Å². The number of amides is 1. The highest BCUT2D eigenvalue weighted by atomic mass is 32.2. The lowest BCUT2D eigenvalue weighted by atomic mass is 10.3. The molecule has 0 heterocycles. The van der Waals surface area contributed by atoms with E-state index in [1.807, 2.05) is 20.8 Å². The summed E-state index contributed by atoms with van der Waals surface area (Å²) in [6, 6.07) is 0.154. The van der Waals surface area contributed by atoms with Crippen molar-refractivity contribution in [2.45, 2.75) is 46.1 Å². The van der Waals surface area contributed by atoms with Gasteiger partial charge in [-0.3, -0.25) is 4.79 Å². The molecule has 0 aromatic carbocycles. The first kappa shape index (κ1) is 17.4. The van der Waals surface area contributed by atoms with Gasteiger partial charge >= 0.3 is 0 Å². The molecule has 0 saturated carbocycles. The van der Waals surface area contributed by atoms with Gasteiger partial charge in [-0.1, -0.05) is 26.7 Å². The van der Waals surface area contributed by atoms with Crippen LogP contribution in [0.15, 0.2) is 0 Å². The van der Waals surface area contributed by atoms with Gasteiger partial charge in [0.25, 0.3) is 0 Å². The average molecular weight is 278 g/mol. The summed E-state index contributed by atoms with van der Waals surface area (Å²) in [5.74, 6) is -0.691. The molecule has 1 atom stereocenters. The van der Waals surface area contributed by atoms with Gasteiger partial charge in [0.05, 0.1) is 5.75 Å². The van der Waals surface area contributed by atoms with Crippen LogP contribution in [-0.2, 0) is 14.6 Å². The van der Waals surface area contributed by atoms with Gasteiger partial charge in [-0.25, -0.2) is 8.42 Å². The van der Waals surface area contributed by atoms with E-state index < -0.39 is 21.5 Å². The Bertz CT molecular complexity index is 328. The Balaban J connectivity index is 3.92. The van der Waals surface area contributed by atoms with E-state index in [0.717, 1.165) is 19.4 Å². The van der Waals surface area contributed by atoms with Gasteiger partial charge < -0.3 is 10.6 Å². The minimum absolute atomic E-state index is 0.108. The quantitative estimate of drug-likeness (QED) is 0.577. The third kappa shape index (κ3) is 9.41. The Morgan fingerprint density at radius 1 is 1.22 bits per heavy atom. The first-order chi connectivity index (χ1) is 8.41. The monoisotopic (exact) mass is 278 g/mol. The molecule has 6 heteroatoms. The molecular formula is C12H26N2O3S. The molecule has 2 N–H and O–H groups in total. The van der Waals surface area contributed by atoms with E-state index in [4.69, 9.17) is 0 Å². The molecule has 18 heavy (non-hydrogen) atoms. The fourth-order valence-corrected chi connectivity index (χ4v) is 2.87. The topological polar surface area (TPSA) is 75.3 Å². The minimum Gasteiger partial charge on any atom is -0.354 e. The van der Waals surface area contributed by atoms with Gasteiger partial charge in [-0.05, 0) is 19.9 Å². The summed E-state index contributed by atoms with van der Waals surface area (Å²) in [6.07, 6.45) is 2.50. The van der Waals surface area contributed by atoms with Crippen molar-refractivity contribution in [3.63, 3.8) is 0 Å². The SMILES string of the molecule is CCCCCS(=O)(=O)CC(=O)NC[C@@H](C)NCC. The molecule has 0 aromatic heterocycles. The number of unbranched alkanes of at least 4 members (excludes halogenated alkanes) is 2. The number of sulfone groups is 1. The molecule has 5 nitrogen and oxygen atoms in total. The van der Waals surface area contributed by atoms with Crippen molar-refractivity contribution in [2.75, 3.05) is 24.6 Å². The van der Waals surface area contributed by atoms with Crippen molar-refractivity contribution in [3.05, 3.63) is 0 Å². The van der Waals surface area contributed by atoms with E-state index in [1.54, 1.807) is 0 Å². The zero-order valence-electron chi connectivity index (χ0n) is 11.7. The predicted octanol–water partition coefficient (Wildman–Crippen LogP) is 0.706. The van der Waals surface area contributed by atoms with E-state index in [1.165, 1.54) is 0 Å². The van der Waals surface area contributed by atoms with Crippen LogP contribution in [0.5, 0.6) is 0 Å². The molecule has 0 aromatic rings. The van der Waals surface area contributed by atoms with Gasteiger partial charge in [-0.2, -0.15) is 0 Å². The van der Waals surface area contributed by atoms with Gasteiger partial charge in [0, 0.05) is 12.6 Å². The summed E-state index contributed by atoms with van der Waals surface area (Å²) in [7, 11) is -3.25. The molecule has 0 rings (SSSR count). The number of carbonyl (C=O) groups is 1. The molecule has 108 valence electrons. The summed E-state index contributed by atoms with van der Waals surface area (Å²) in [5.41, 5.74) is 0. The molecule has 0 unspecified atom stereocenters. The highest BCUT2D eigenvalue weighted by molar-refractivity contribution is 7.92. The van der Waals surface area contributed by atoms with Gasteiger partial charge in [0.15, 0.2) is 9.84 Å². The second-order valence-corrected chi connectivity index (χ2v) is 6.75. The number of nitrogens with one attached hydrogen (secondary N) is 2. The normalized spacial score (nSPS) is 13.3. The highest BCUT2D eigenvalue weighted by Crippen LogP contribution is 2.00. The standard InChI is InChI=1S/C12H26N2O3S/c1-4-6-7-8-18(16,17)10-12(15)14-9-11(3)13-5-2/h11,13H,4-10H2,1-3H3,(H,14,15)/t11-/m1/s1. The second-order valence-electron chi connectivity index (χ2n) is 4.56. The molecule has 0 saturated heterocycles. The Labute approximate surface area is 111 Å². The second kappa shape index (κ2) is 9.33. The number of hydrogen-bond donors (Lipinski definition) is 2. The lowest BCUT2D eigenvalue weighted by molar-refractivity contribution is -0.118. The third-order valence-electron chi connectivity index (χ3n) is 2.57. The van der Waals surface area contributed by atoms with E-state index in [9.17, 15) is 13.2 Å². The largest absolute Gasteiger partial charge is 0.354 e. The van der Waals surface area contributed by atoms with Crippen molar-refractivity contribution in [2.24, 2.45) is 0 Å². The zero-order chi connectivity index (χ0) is 14.0. The predicted molar refractivity (Wildman–Crippen MR) is 74.3 cm³/mol. The number of hydrogen-bond acceptors (Lipinski definition) is 4. The average Bonchev–Trinajstić information content (AvgIpc) is 2.26. The molecule has 0 bridgehead atoms. The zero-order valence-corrected chi connectivity index (χ0v) is 12.5. The molecule has 0 aliphatic carbocycles. The summed E-state index contributed by atoms with van der Waals surface area (Å²) >= 11 is 0. The lowest BCUT2D eigenvalue weighted by Gasteiger charge is -2.13. The van der Waals surface area contributed by atoms with Crippen molar-refractivity contribution in [3.8, 4) is 0 Å². The highest BCUT2D eigenvalue weighted by Gasteiger charge is 2.16. The van der Waals surface area contributed by atoms with Crippen LogP contribution in [0, 0.1) is 0 Å². The molecule has 0 radical (unpaired) electrons. The Morgan fingerprint density at radius 3 is 2.44 bits per heavy atom. The molecular weight excluding hydrogens is 252 g/mol. The lowest BCUT2D eigenvalue weighted by Crippen LogP contribution is -2.41. The van der Waals surface area contributed by atoms with Crippen LogP contribution in [0.1, 0.15) is 40.0 Å². The van der Waals surface area contributed by atoms with Crippen LogP contribution in [0.2, 0.25) is 0 Å². The molecule has 0 aliphatic heterocycles. The Hall–Kier alpha value is -0.620. The molecule has 0 spiro atoms. The first-order valence-corrected chi connectivity index (χ1v) is 8.44.